The number of ether oxygens (including phenoxy) is 2. The highest BCUT2D eigenvalue weighted by Gasteiger charge is 2.41. The lowest BCUT2D eigenvalue weighted by Gasteiger charge is -2.43. The van der Waals surface area contributed by atoms with Crippen LogP contribution in [0, 0.1) is 0 Å². The number of benzene rings is 3. The average molecular weight is 494 g/mol. The fourth-order valence-corrected chi connectivity index (χ4v) is 4.96. The van der Waals surface area contributed by atoms with E-state index in [0.717, 1.165) is 22.3 Å². The van der Waals surface area contributed by atoms with Gasteiger partial charge in [-0.1, -0.05) is 72.3 Å². The van der Waals surface area contributed by atoms with E-state index in [0.29, 0.717) is 23.6 Å². The van der Waals surface area contributed by atoms with Gasteiger partial charge in [-0.05, 0) is 30.2 Å². The lowest BCUT2D eigenvalue weighted by molar-refractivity contribution is -0.139. The molecule has 0 aromatic heterocycles. The molecule has 0 radical (unpaired) electrons. The van der Waals surface area contributed by atoms with Gasteiger partial charge in [0.05, 0.1) is 12.2 Å². The zero-order valence-corrected chi connectivity index (χ0v) is 20.4. The molecule has 7 heteroatoms. The minimum atomic E-state index is -1.07. The van der Waals surface area contributed by atoms with Crippen molar-refractivity contribution in [3.05, 3.63) is 88.9 Å². The van der Waals surface area contributed by atoms with Crippen molar-refractivity contribution in [3.8, 4) is 16.9 Å². The first kappa shape index (κ1) is 24.8. The Kier molecular flexibility index (Phi) is 7.43. The standard InChI is InChI=1S/C28H28ClNO5/c1-18(31)30-28(2)15-24(20-10-6-11-21(29)14-20)35-25(16-28)23-13-7-12-22(19-8-4-3-5-9-19)27(23)34-17-26(32)33/h3-14,24-25H,15-17H2,1-2H3,(H,30,31)(H,32,33)/t24-,25+,28-/m0/s1. The summed E-state index contributed by atoms with van der Waals surface area (Å²) in [5, 5.41) is 13.0. The second kappa shape index (κ2) is 10.5. The molecule has 1 saturated heterocycles. The van der Waals surface area contributed by atoms with E-state index < -0.39 is 24.2 Å². The van der Waals surface area contributed by atoms with Crippen LogP contribution in [-0.2, 0) is 14.3 Å². The van der Waals surface area contributed by atoms with Gasteiger partial charge in [0, 0.05) is 41.5 Å². The Hall–Kier alpha value is -3.35. The molecule has 4 rings (SSSR count). The number of carboxylic acid groups (broad SMARTS) is 1. The first-order chi connectivity index (χ1) is 16.7. The van der Waals surface area contributed by atoms with Gasteiger partial charge in [0.2, 0.25) is 5.91 Å². The van der Waals surface area contributed by atoms with E-state index in [4.69, 9.17) is 21.1 Å². The van der Waals surface area contributed by atoms with Crippen LogP contribution in [0.4, 0.5) is 0 Å². The molecular formula is C28H28ClNO5. The van der Waals surface area contributed by atoms with E-state index in [1.165, 1.54) is 6.92 Å². The molecule has 0 unspecified atom stereocenters. The van der Waals surface area contributed by atoms with Gasteiger partial charge in [0.15, 0.2) is 6.61 Å². The summed E-state index contributed by atoms with van der Waals surface area (Å²) in [6, 6.07) is 22.9. The predicted octanol–water partition coefficient (Wildman–Crippen LogP) is 5.96. The molecule has 182 valence electrons. The van der Waals surface area contributed by atoms with Crippen LogP contribution in [0.5, 0.6) is 5.75 Å². The van der Waals surface area contributed by atoms with E-state index >= 15 is 0 Å². The summed E-state index contributed by atoms with van der Waals surface area (Å²) in [6.45, 7) is 3.02. The Bertz CT molecular complexity index is 1210. The van der Waals surface area contributed by atoms with Crippen molar-refractivity contribution in [2.24, 2.45) is 0 Å². The summed E-state index contributed by atoms with van der Waals surface area (Å²) < 4.78 is 12.5. The SMILES string of the molecule is CC(=O)N[C@@]1(C)C[C@@H](c2cccc(Cl)c2)O[C@@H](c2cccc(-c3ccccc3)c2OCC(=O)O)C1. The van der Waals surface area contributed by atoms with Crippen LogP contribution in [0.1, 0.15) is 50.0 Å². The molecule has 1 heterocycles. The highest BCUT2D eigenvalue weighted by Crippen LogP contribution is 2.47. The molecule has 0 spiro atoms. The van der Waals surface area contributed by atoms with Gasteiger partial charge in [0.1, 0.15) is 5.75 Å². The number of nitrogens with one attached hydrogen (secondary N) is 1. The average Bonchev–Trinajstić information content (AvgIpc) is 2.82. The maximum Gasteiger partial charge on any atom is 0.341 e. The first-order valence-electron chi connectivity index (χ1n) is 11.5. The summed E-state index contributed by atoms with van der Waals surface area (Å²) in [6.07, 6.45) is 0.257. The van der Waals surface area contributed by atoms with Crippen LogP contribution >= 0.6 is 11.6 Å². The summed E-state index contributed by atoms with van der Waals surface area (Å²) in [5.74, 6) is -0.732. The Morgan fingerprint density at radius 2 is 1.77 bits per heavy atom. The van der Waals surface area contributed by atoms with Gasteiger partial charge in [-0.3, -0.25) is 4.79 Å². The Morgan fingerprint density at radius 1 is 1.06 bits per heavy atom. The van der Waals surface area contributed by atoms with Crippen molar-refractivity contribution in [3.63, 3.8) is 0 Å². The smallest absolute Gasteiger partial charge is 0.341 e. The maximum atomic E-state index is 12.1. The lowest BCUT2D eigenvalue weighted by atomic mass is 9.80. The summed E-state index contributed by atoms with van der Waals surface area (Å²) in [5.41, 5.74) is 2.76. The van der Waals surface area contributed by atoms with Crippen LogP contribution in [-0.4, -0.2) is 29.1 Å². The zero-order valence-electron chi connectivity index (χ0n) is 19.7. The number of carbonyl (C=O) groups is 2. The number of rotatable bonds is 7. The quantitative estimate of drug-likeness (QED) is 0.424. The van der Waals surface area contributed by atoms with Crippen molar-refractivity contribution < 1.29 is 24.2 Å². The van der Waals surface area contributed by atoms with Gasteiger partial charge in [0.25, 0.3) is 0 Å². The van der Waals surface area contributed by atoms with Gasteiger partial charge in [-0.2, -0.15) is 0 Å². The van der Waals surface area contributed by atoms with E-state index in [-0.39, 0.29) is 12.0 Å². The number of aliphatic carboxylic acids is 1. The molecule has 3 aromatic rings. The van der Waals surface area contributed by atoms with Crippen molar-refractivity contribution in [2.45, 2.75) is 44.4 Å². The maximum absolute atomic E-state index is 12.1. The third kappa shape index (κ3) is 6.02. The minimum absolute atomic E-state index is 0.126. The van der Waals surface area contributed by atoms with Gasteiger partial charge < -0.3 is 19.9 Å². The summed E-state index contributed by atoms with van der Waals surface area (Å²) in [4.78, 5) is 23.5. The molecule has 0 aliphatic carbocycles. The number of hydrogen-bond acceptors (Lipinski definition) is 4. The van der Waals surface area contributed by atoms with Crippen molar-refractivity contribution in [2.75, 3.05) is 6.61 Å². The second-order valence-corrected chi connectivity index (χ2v) is 9.53. The third-order valence-electron chi connectivity index (χ3n) is 6.12. The normalized spacial score (nSPS) is 21.8. The second-order valence-electron chi connectivity index (χ2n) is 9.09. The number of para-hydroxylation sites is 1. The van der Waals surface area contributed by atoms with E-state index in [1.54, 1.807) is 6.07 Å². The first-order valence-corrected chi connectivity index (χ1v) is 11.8. The van der Waals surface area contributed by atoms with Crippen molar-refractivity contribution in [1.82, 2.24) is 5.32 Å². The predicted molar refractivity (Wildman–Crippen MR) is 134 cm³/mol. The van der Waals surface area contributed by atoms with Crippen LogP contribution in [0.2, 0.25) is 5.02 Å². The molecule has 35 heavy (non-hydrogen) atoms. The molecule has 1 aliphatic rings. The molecule has 2 N–H and O–H groups in total. The minimum Gasteiger partial charge on any atom is -0.481 e. The van der Waals surface area contributed by atoms with Gasteiger partial charge in [-0.15, -0.1) is 0 Å². The summed E-state index contributed by atoms with van der Waals surface area (Å²) >= 11 is 6.26. The van der Waals surface area contributed by atoms with E-state index in [2.05, 4.69) is 5.32 Å². The molecule has 3 atom stereocenters. The lowest BCUT2D eigenvalue weighted by Crippen LogP contribution is -2.50. The van der Waals surface area contributed by atoms with Crippen LogP contribution in [0.25, 0.3) is 11.1 Å². The Labute approximate surface area is 209 Å². The Morgan fingerprint density at radius 3 is 2.46 bits per heavy atom. The molecule has 1 amide bonds. The number of halogens is 1. The van der Waals surface area contributed by atoms with Crippen molar-refractivity contribution >= 4 is 23.5 Å². The van der Waals surface area contributed by atoms with Crippen molar-refractivity contribution in [1.29, 1.82) is 0 Å². The molecule has 1 aliphatic heterocycles. The van der Waals surface area contributed by atoms with Crippen LogP contribution < -0.4 is 10.1 Å². The molecule has 0 bridgehead atoms. The third-order valence-corrected chi connectivity index (χ3v) is 6.35. The summed E-state index contributed by atoms with van der Waals surface area (Å²) in [7, 11) is 0. The monoisotopic (exact) mass is 493 g/mol. The number of carboxylic acids is 1. The highest BCUT2D eigenvalue weighted by atomic mass is 35.5. The van der Waals surface area contributed by atoms with Crippen LogP contribution in [0.3, 0.4) is 0 Å². The molecule has 3 aromatic carbocycles. The molecule has 1 fully saturated rings. The zero-order chi connectivity index (χ0) is 25.0. The molecule has 0 saturated carbocycles. The van der Waals surface area contributed by atoms with Gasteiger partial charge in [-0.25, -0.2) is 4.79 Å². The topological polar surface area (TPSA) is 84.9 Å². The number of hydrogen-bond donors (Lipinski definition) is 2. The number of amides is 1. The fraction of sp³-hybridized carbons (Fsp3) is 0.286. The molecular weight excluding hydrogens is 466 g/mol. The number of carbonyl (C=O) groups excluding carboxylic acids is 1. The largest absolute Gasteiger partial charge is 0.481 e. The molecule has 6 nitrogen and oxygen atoms in total. The fourth-order valence-electron chi connectivity index (χ4n) is 4.76. The van der Waals surface area contributed by atoms with E-state index in [1.807, 2.05) is 73.7 Å². The van der Waals surface area contributed by atoms with E-state index in [9.17, 15) is 14.7 Å². The van der Waals surface area contributed by atoms with Crippen LogP contribution in [0.15, 0.2) is 72.8 Å². The Balaban J connectivity index is 1.79. The highest BCUT2D eigenvalue weighted by molar-refractivity contribution is 6.30. The van der Waals surface area contributed by atoms with Gasteiger partial charge >= 0.3 is 5.97 Å².